The second kappa shape index (κ2) is 5.85. The number of amides is 1. The predicted molar refractivity (Wildman–Crippen MR) is 68.9 cm³/mol. The van der Waals surface area contributed by atoms with E-state index in [4.69, 9.17) is 5.26 Å². The van der Waals surface area contributed by atoms with E-state index >= 15 is 0 Å². The molecule has 1 aliphatic heterocycles. The van der Waals surface area contributed by atoms with Crippen LogP contribution in [0.3, 0.4) is 0 Å². The largest absolute Gasteiger partial charge is 0.529 e. The maximum atomic E-state index is 11.0. The average Bonchev–Trinajstić information content (AvgIpc) is 2.48. The van der Waals surface area contributed by atoms with Crippen LogP contribution in [0.15, 0.2) is 48.3 Å². The first-order valence-corrected chi connectivity index (χ1v) is 5.97. The van der Waals surface area contributed by atoms with Crippen molar-refractivity contribution in [3.63, 3.8) is 0 Å². The van der Waals surface area contributed by atoms with Crippen molar-refractivity contribution in [1.29, 1.82) is 5.26 Å². The van der Waals surface area contributed by atoms with Crippen LogP contribution in [0, 0.1) is 17.2 Å². The van der Waals surface area contributed by atoms with E-state index in [1.165, 1.54) is 12.4 Å². The van der Waals surface area contributed by atoms with Crippen LogP contribution in [0.1, 0.15) is 11.1 Å². The molecule has 1 aromatic carbocycles. The number of allylic oxidation sites excluding steroid dienone is 2. The Morgan fingerprint density at radius 2 is 2.10 bits per heavy atom. The Morgan fingerprint density at radius 3 is 2.65 bits per heavy atom. The van der Waals surface area contributed by atoms with Gasteiger partial charge >= 0.3 is 0 Å². The standard InChI is InChI=1S/C15H12N2O3/c16-8-12-3-1-11(2-4-12)7-13-5-6-17(15(19)20)9-14(13)10-18/h1-6,9-10,13H,7H2,(H,19,20)/p-1. The van der Waals surface area contributed by atoms with E-state index in [1.54, 1.807) is 18.2 Å². The molecule has 1 unspecified atom stereocenters. The van der Waals surface area contributed by atoms with Crippen molar-refractivity contribution in [3.8, 4) is 6.07 Å². The molecule has 1 atom stereocenters. The molecule has 20 heavy (non-hydrogen) atoms. The summed E-state index contributed by atoms with van der Waals surface area (Å²) in [6.45, 7) is 0. The zero-order valence-electron chi connectivity index (χ0n) is 10.5. The fraction of sp³-hybridized carbons (Fsp3) is 0.133. The third kappa shape index (κ3) is 2.93. The summed E-state index contributed by atoms with van der Waals surface area (Å²) < 4.78 is 0. The van der Waals surface area contributed by atoms with Gasteiger partial charge in [-0.2, -0.15) is 5.26 Å². The minimum Gasteiger partial charge on any atom is -0.529 e. The van der Waals surface area contributed by atoms with E-state index in [0.29, 0.717) is 23.8 Å². The zero-order valence-corrected chi connectivity index (χ0v) is 10.5. The predicted octanol–water partition coefficient (Wildman–Crippen LogP) is 0.972. The van der Waals surface area contributed by atoms with Crippen LogP contribution in [0.4, 0.5) is 4.79 Å². The molecule has 0 saturated heterocycles. The van der Waals surface area contributed by atoms with Crippen LogP contribution < -0.4 is 5.11 Å². The van der Waals surface area contributed by atoms with Gasteiger partial charge in [-0.05, 0) is 24.1 Å². The molecule has 1 aliphatic rings. The summed E-state index contributed by atoms with van der Waals surface area (Å²) in [5.74, 6) is -0.184. The number of benzene rings is 1. The highest BCUT2D eigenvalue weighted by Gasteiger charge is 2.17. The molecule has 1 heterocycles. The number of nitriles is 1. The highest BCUT2D eigenvalue weighted by Crippen LogP contribution is 2.22. The van der Waals surface area contributed by atoms with Gasteiger partial charge in [0, 0.05) is 23.9 Å². The van der Waals surface area contributed by atoms with Crippen molar-refractivity contribution < 1.29 is 14.7 Å². The lowest BCUT2D eigenvalue weighted by Crippen LogP contribution is -2.36. The molecular formula is C15H11N2O3-. The van der Waals surface area contributed by atoms with Crippen LogP contribution in [0.2, 0.25) is 0 Å². The number of hydrogen-bond donors (Lipinski definition) is 0. The van der Waals surface area contributed by atoms with E-state index < -0.39 is 6.09 Å². The van der Waals surface area contributed by atoms with Gasteiger partial charge in [-0.1, -0.05) is 18.2 Å². The van der Waals surface area contributed by atoms with E-state index in [0.717, 1.165) is 10.5 Å². The fourth-order valence-electron chi connectivity index (χ4n) is 1.99. The Hall–Kier alpha value is -2.87. The fourth-order valence-corrected chi connectivity index (χ4v) is 1.99. The quantitative estimate of drug-likeness (QED) is 0.764. The molecule has 0 aromatic heterocycles. The summed E-state index contributed by atoms with van der Waals surface area (Å²) in [5, 5.41) is 19.5. The van der Waals surface area contributed by atoms with Crippen LogP contribution in [-0.2, 0) is 11.2 Å². The van der Waals surface area contributed by atoms with Gasteiger partial charge in [-0.3, -0.25) is 4.79 Å². The monoisotopic (exact) mass is 267 g/mol. The lowest BCUT2D eigenvalue weighted by Gasteiger charge is -2.24. The molecule has 0 bridgehead atoms. The molecule has 1 aromatic rings. The minimum absolute atomic E-state index is 0.184. The molecule has 0 radical (unpaired) electrons. The first-order chi connectivity index (χ1) is 9.63. The van der Waals surface area contributed by atoms with Gasteiger partial charge in [0.25, 0.3) is 0 Å². The van der Waals surface area contributed by atoms with Crippen molar-refractivity contribution in [1.82, 2.24) is 4.90 Å². The van der Waals surface area contributed by atoms with Gasteiger partial charge in [0.1, 0.15) is 12.4 Å². The number of aldehydes is 1. The van der Waals surface area contributed by atoms with Gasteiger partial charge < -0.3 is 14.8 Å². The Labute approximate surface area is 116 Å². The second-order valence-electron chi connectivity index (χ2n) is 4.38. The summed E-state index contributed by atoms with van der Waals surface area (Å²) in [5.41, 5.74) is 1.91. The maximum absolute atomic E-state index is 11.0. The van der Waals surface area contributed by atoms with Crippen molar-refractivity contribution >= 4 is 12.4 Å². The van der Waals surface area contributed by atoms with E-state index in [9.17, 15) is 14.7 Å². The van der Waals surface area contributed by atoms with Crippen LogP contribution >= 0.6 is 0 Å². The summed E-state index contributed by atoms with van der Waals surface area (Å²) >= 11 is 0. The molecule has 1 amide bonds. The van der Waals surface area contributed by atoms with E-state index in [1.807, 2.05) is 18.2 Å². The highest BCUT2D eigenvalue weighted by molar-refractivity contribution is 5.77. The molecular weight excluding hydrogens is 256 g/mol. The number of carbonyl (C=O) groups is 2. The van der Waals surface area contributed by atoms with Crippen LogP contribution in [0.5, 0.6) is 0 Å². The summed E-state index contributed by atoms with van der Waals surface area (Å²) in [6, 6.07) is 9.09. The van der Waals surface area contributed by atoms with Crippen molar-refractivity contribution in [2.45, 2.75) is 6.42 Å². The lowest BCUT2D eigenvalue weighted by atomic mass is 9.91. The number of rotatable bonds is 3. The number of carboxylic acid groups (broad SMARTS) is 1. The molecule has 5 heteroatoms. The molecule has 0 saturated carbocycles. The Kier molecular flexibility index (Phi) is 3.96. The normalized spacial score (nSPS) is 17.2. The van der Waals surface area contributed by atoms with E-state index in [-0.39, 0.29) is 5.92 Å². The summed E-state index contributed by atoms with van der Waals surface area (Å²) in [4.78, 5) is 22.6. The zero-order chi connectivity index (χ0) is 14.5. The first kappa shape index (κ1) is 13.6. The van der Waals surface area contributed by atoms with Gasteiger partial charge in [0.05, 0.1) is 11.6 Å². The SMILES string of the molecule is N#Cc1ccc(CC2C=CN(C(=O)[O-])C=C2C=O)cc1. The molecule has 5 nitrogen and oxygen atoms in total. The summed E-state index contributed by atoms with van der Waals surface area (Å²) in [6.07, 6.45) is 4.12. The Balaban J connectivity index is 2.15. The highest BCUT2D eigenvalue weighted by atomic mass is 16.4. The van der Waals surface area contributed by atoms with Crippen LogP contribution in [0.25, 0.3) is 0 Å². The molecule has 0 aliphatic carbocycles. The third-order valence-corrected chi connectivity index (χ3v) is 3.08. The van der Waals surface area contributed by atoms with Crippen molar-refractivity contribution in [2.75, 3.05) is 0 Å². The topological polar surface area (TPSA) is 84.2 Å². The third-order valence-electron chi connectivity index (χ3n) is 3.08. The van der Waals surface area contributed by atoms with Gasteiger partial charge in [-0.25, -0.2) is 0 Å². The Bertz CT molecular complexity index is 624. The van der Waals surface area contributed by atoms with Crippen molar-refractivity contribution in [3.05, 3.63) is 59.4 Å². The average molecular weight is 267 g/mol. The van der Waals surface area contributed by atoms with Gasteiger partial charge in [-0.15, -0.1) is 0 Å². The molecule has 0 N–H and O–H groups in total. The molecule has 100 valence electrons. The molecule has 2 rings (SSSR count). The number of nitrogens with zero attached hydrogens (tertiary/aromatic N) is 2. The van der Waals surface area contributed by atoms with E-state index in [2.05, 4.69) is 0 Å². The number of carbonyl (C=O) groups excluding carboxylic acids is 2. The molecule has 0 fully saturated rings. The van der Waals surface area contributed by atoms with Crippen molar-refractivity contribution in [2.24, 2.45) is 5.92 Å². The minimum atomic E-state index is -1.38. The molecule has 0 spiro atoms. The Morgan fingerprint density at radius 1 is 1.40 bits per heavy atom. The summed E-state index contributed by atoms with van der Waals surface area (Å²) in [7, 11) is 0. The second-order valence-corrected chi connectivity index (χ2v) is 4.38. The van der Waals surface area contributed by atoms with Gasteiger partial charge in [0.15, 0.2) is 0 Å². The number of hydrogen-bond acceptors (Lipinski definition) is 4. The smallest absolute Gasteiger partial charge is 0.148 e. The van der Waals surface area contributed by atoms with Crippen LogP contribution in [-0.4, -0.2) is 17.3 Å². The maximum Gasteiger partial charge on any atom is 0.148 e. The first-order valence-electron chi connectivity index (χ1n) is 5.97. The lowest BCUT2D eigenvalue weighted by molar-refractivity contribution is -0.259. The van der Waals surface area contributed by atoms with Gasteiger partial charge in [0.2, 0.25) is 0 Å².